The van der Waals surface area contributed by atoms with Crippen LogP contribution in [0.1, 0.15) is 11.1 Å². The molecule has 1 heterocycles. The summed E-state index contributed by atoms with van der Waals surface area (Å²) in [4.78, 5) is 0.477. The molecule has 1 saturated heterocycles. The topological polar surface area (TPSA) is 74.8 Å². The fourth-order valence-electron chi connectivity index (χ4n) is 2.93. The molecule has 0 N–H and O–H groups in total. The summed E-state index contributed by atoms with van der Waals surface area (Å²) in [5.41, 5.74) is 1.85. The maximum Gasteiger partial charge on any atom is 0.243 e. The van der Waals surface area contributed by atoms with Crippen LogP contribution in [-0.4, -0.2) is 51.6 Å². The highest BCUT2D eigenvalue weighted by Gasteiger charge is 2.33. The lowest BCUT2D eigenvalue weighted by Gasteiger charge is -2.33. The van der Waals surface area contributed by atoms with Crippen molar-refractivity contribution >= 4 is 20.0 Å². The Morgan fingerprint density at radius 3 is 1.65 bits per heavy atom. The summed E-state index contributed by atoms with van der Waals surface area (Å²) in [6, 6.07) is 13.4. The fourth-order valence-corrected chi connectivity index (χ4v) is 5.88. The average molecular weight is 395 g/mol. The number of hydrogen-bond acceptors (Lipinski definition) is 4. The highest BCUT2D eigenvalue weighted by atomic mass is 32.2. The molecule has 26 heavy (non-hydrogen) atoms. The van der Waals surface area contributed by atoms with E-state index < -0.39 is 20.0 Å². The number of rotatable bonds is 4. The van der Waals surface area contributed by atoms with E-state index in [1.807, 2.05) is 19.9 Å². The van der Waals surface area contributed by atoms with Gasteiger partial charge in [0.15, 0.2) is 0 Å². The van der Waals surface area contributed by atoms with Crippen LogP contribution in [0.2, 0.25) is 0 Å². The van der Waals surface area contributed by atoms with Crippen LogP contribution in [0, 0.1) is 13.8 Å². The van der Waals surface area contributed by atoms with Gasteiger partial charge < -0.3 is 0 Å². The van der Waals surface area contributed by atoms with E-state index in [0.29, 0.717) is 0 Å². The quantitative estimate of drug-likeness (QED) is 0.795. The van der Waals surface area contributed by atoms with Crippen LogP contribution in [0.3, 0.4) is 0 Å². The van der Waals surface area contributed by atoms with E-state index in [1.54, 1.807) is 42.5 Å². The van der Waals surface area contributed by atoms with E-state index in [-0.39, 0.29) is 36.0 Å². The molecule has 0 unspecified atom stereocenters. The number of benzene rings is 2. The third-order valence-corrected chi connectivity index (χ3v) is 8.29. The fraction of sp³-hybridized carbons (Fsp3) is 0.333. The van der Waals surface area contributed by atoms with Crippen molar-refractivity contribution in [1.29, 1.82) is 0 Å². The van der Waals surface area contributed by atoms with Gasteiger partial charge >= 0.3 is 0 Å². The second-order valence-corrected chi connectivity index (χ2v) is 10.3. The van der Waals surface area contributed by atoms with E-state index >= 15 is 0 Å². The predicted molar refractivity (Wildman–Crippen MR) is 99.9 cm³/mol. The van der Waals surface area contributed by atoms with Gasteiger partial charge in [-0.1, -0.05) is 29.8 Å². The molecule has 1 fully saturated rings. The van der Waals surface area contributed by atoms with E-state index in [2.05, 4.69) is 0 Å². The van der Waals surface area contributed by atoms with E-state index in [0.717, 1.165) is 11.1 Å². The van der Waals surface area contributed by atoms with Crippen molar-refractivity contribution in [2.45, 2.75) is 23.6 Å². The Kier molecular flexibility index (Phi) is 5.21. The van der Waals surface area contributed by atoms with Gasteiger partial charge in [0.1, 0.15) is 0 Å². The van der Waals surface area contributed by atoms with Crippen LogP contribution in [0.4, 0.5) is 0 Å². The first kappa shape index (κ1) is 19.0. The largest absolute Gasteiger partial charge is 0.243 e. The number of hydrogen-bond donors (Lipinski definition) is 0. The van der Waals surface area contributed by atoms with Crippen LogP contribution >= 0.6 is 0 Å². The lowest BCUT2D eigenvalue weighted by atomic mass is 10.2. The molecule has 0 aromatic heterocycles. The monoisotopic (exact) mass is 394 g/mol. The first-order valence-electron chi connectivity index (χ1n) is 8.35. The zero-order chi connectivity index (χ0) is 18.9. The van der Waals surface area contributed by atoms with Gasteiger partial charge in [0, 0.05) is 26.2 Å². The van der Waals surface area contributed by atoms with E-state index in [4.69, 9.17) is 0 Å². The molecular formula is C18H22N2O4S2. The van der Waals surface area contributed by atoms with Gasteiger partial charge in [-0.05, 0) is 43.7 Å². The number of sulfonamides is 2. The number of aryl methyl sites for hydroxylation is 2. The summed E-state index contributed by atoms with van der Waals surface area (Å²) < 4.78 is 53.7. The molecule has 0 aliphatic carbocycles. The lowest BCUT2D eigenvalue weighted by molar-refractivity contribution is 0.273. The van der Waals surface area contributed by atoms with Crippen molar-refractivity contribution in [2.75, 3.05) is 26.2 Å². The minimum atomic E-state index is -3.61. The van der Waals surface area contributed by atoms with Crippen LogP contribution in [0.25, 0.3) is 0 Å². The van der Waals surface area contributed by atoms with Crippen LogP contribution in [-0.2, 0) is 20.0 Å². The Morgan fingerprint density at radius 1 is 0.654 bits per heavy atom. The van der Waals surface area contributed by atoms with Gasteiger partial charge in [-0.3, -0.25) is 0 Å². The first-order chi connectivity index (χ1) is 12.2. The summed E-state index contributed by atoms with van der Waals surface area (Å²) in [7, 11) is -7.22. The van der Waals surface area contributed by atoms with Crippen molar-refractivity contribution in [3.63, 3.8) is 0 Å². The number of piperazine rings is 1. The van der Waals surface area contributed by atoms with Crippen molar-refractivity contribution in [2.24, 2.45) is 0 Å². The zero-order valence-electron chi connectivity index (χ0n) is 14.8. The second kappa shape index (κ2) is 7.11. The molecule has 2 aromatic carbocycles. The maximum atomic E-state index is 12.8. The van der Waals surface area contributed by atoms with Crippen LogP contribution in [0.5, 0.6) is 0 Å². The Bertz CT molecular complexity index is 992. The summed E-state index contributed by atoms with van der Waals surface area (Å²) in [5.74, 6) is 0. The minimum Gasteiger partial charge on any atom is -0.207 e. The average Bonchev–Trinajstić information content (AvgIpc) is 2.62. The maximum absolute atomic E-state index is 12.8. The standard InChI is InChI=1S/C18H22N2O4S2/c1-15-6-8-17(9-7-15)25(21,22)19-10-12-20(13-11-19)26(23,24)18-5-3-4-16(2)14-18/h3-9,14H,10-13H2,1-2H3. The normalized spacial score (nSPS) is 17.3. The molecule has 0 spiro atoms. The highest BCUT2D eigenvalue weighted by molar-refractivity contribution is 7.89. The Labute approximate surface area is 155 Å². The number of nitrogens with zero attached hydrogens (tertiary/aromatic N) is 2. The van der Waals surface area contributed by atoms with Crippen LogP contribution in [0.15, 0.2) is 58.3 Å². The summed E-state index contributed by atoms with van der Waals surface area (Å²) in [5, 5.41) is 0. The molecule has 6 nitrogen and oxygen atoms in total. The molecule has 0 atom stereocenters. The SMILES string of the molecule is Cc1ccc(S(=O)(=O)N2CCN(S(=O)(=O)c3cccc(C)c3)CC2)cc1. The van der Waals surface area contributed by atoms with Crippen molar-refractivity contribution in [3.05, 3.63) is 59.7 Å². The molecule has 3 rings (SSSR count). The molecule has 0 radical (unpaired) electrons. The Hall–Kier alpha value is -1.74. The van der Waals surface area contributed by atoms with Gasteiger partial charge in [-0.25, -0.2) is 16.8 Å². The van der Waals surface area contributed by atoms with E-state index in [9.17, 15) is 16.8 Å². The third kappa shape index (κ3) is 3.68. The molecule has 1 aliphatic rings. The van der Waals surface area contributed by atoms with Crippen molar-refractivity contribution in [1.82, 2.24) is 8.61 Å². The molecule has 0 amide bonds. The van der Waals surface area contributed by atoms with Gasteiger partial charge in [-0.2, -0.15) is 8.61 Å². The predicted octanol–water partition coefficient (Wildman–Crippen LogP) is 2.00. The van der Waals surface area contributed by atoms with Crippen LogP contribution < -0.4 is 0 Å². The van der Waals surface area contributed by atoms with Crippen molar-refractivity contribution < 1.29 is 16.8 Å². The second-order valence-electron chi connectivity index (χ2n) is 6.44. The summed E-state index contributed by atoms with van der Waals surface area (Å²) in [6.45, 7) is 4.29. The van der Waals surface area contributed by atoms with Gasteiger partial charge in [0.2, 0.25) is 20.0 Å². The van der Waals surface area contributed by atoms with Gasteiger partial charge in [0.25, 0.3) is 0 Å². The molecule has 1 aliphatic heterocycles. The summed E-state index contributed by atoms with van der Waals surface area (Å²) in [6.07, 6.45) is 0. The smallest absolute Gasteiger partial charge is 0.207 e. The van der Waals surface area contributed by atoms with E-state index in [1.165, 1.54) is 8.61 Å². The molecule has 8 heteroatoms. The molecular weight excluding hydrogens is 372 g/mol. The zero-order valence-corrected chi connectivity index (χ0v) is 16.4. The Morgan fingerprint density at radius 2 is 1.15 bits per heavy atom. The molecule has 0 bridgehead atoms. The third-order valence-electron chi connectivity index (χ3n) is 4.48. The van der Waals surface area contributed by atoms with Crippen molar-refractivity contribution in [3.8, 4) is 0 Å². The van der Waals surface area contributed by atoms with Gasteiger partial charge in [-0.15, -0.1) is 0 Å². The molecule has 140 valence electrons. The van der Waals surface area contributed by atoms with Gasteiger partial charge in [0.05, 0.1) is 9.79 Å². The molecule has 2 aromatic rings. The summed E-state index contributed by atoms with van der Waals surface area (Å²) >= 11 is 0. The Balaban J connectivity index is 1.75. The molecule has 0 saturated carbocycles. The first-order valence-corrected chi connectivity index (χ1v) is 11.2. The minimum absolute atomic E-state index is 0.140. The highest BCUT2D eigenvalue weighted by Crippen LogP contribution is 2.22. The lowest BCUT2D eigenvalue weighted by Crippen LogP contribution is -2.50.